The lowest BCUT2D eigenvalue weighted by Crippen LogP contribution is -1.79. The molecule has 24 heavy (non-hydrogen) atoms. The molecule has 4 aromatic rings. The first kappa shape index (κ1) is 14.1. The van der Waals surface area contributed by atoms with Gasteiger partial charge in [0, 0.05) is 57.5 Å². The second kappa shape index (κ2) is 5.58. The molecule has 0 saturated carbocycles. The Morgan fingerprint density at radius 2 is 1.17 bits per heavy atom. The fourth-order valence-corrected chi connectivity index (χ4v) is 2.68. The number of nitrogens with zero attached hydrogens (tertiary/aromatic N) is 2. The molecule has 0 radical (unpaired) electrons. The zero-order valence-electron chi connectivity index (χ0n) is 12.6. The van der Waals surface area contributed by atoms with Gasteiger partial charge in [-0.15, -0.1) is 0 Å². The molecule has 0 spiro atoms. The number of fused-ring (bicyclic) bond motifs is 2. The molecular formula is C18H14N4O2. The van der Waals surface area contributed by atoms with Crippen LogP contribution in [-0.4, -0.2) is 32.6 Å². The lowest BCUT2D eigenvalue weighted by Gasteiger charge is -1.93. The molecule has 0 fully saturated rings. The number of benzene rings is 2. The van der Waals surface area contributed by atoms with Crippen LogP contribution in [0.4, 0.5) is 0 Å². The van der Waals surface area contributed by atoms with Crippen molar-refractivity contribution < 1.29 is 10.2 Å². The SMILES string of the molecule is Oc1ccc2c(/C=N/N=C/c3c[nH]c4cc(O)ccc34)c[nH]c2c1. The molecule has 4 N–H and O–H groups in total. The highest BCUT2D eigenvalue weighted by Crippen LogP contribution is 2.22. The Balaban J connectivity index is 1.58. The molecule has 0 aliphatic carbocycles. The summed E-state index contributed by atoms with van der Waals surface area (Å²) in [7, 11) is 0. The van der Waals surface area contributed by atoms with Crippen LogP contribution in [0.3, 0.4) is 0 Å². The Hall–Kier alpha value is -3.54. The molecule has 2 heterocycles. The minimum Gasteiger partial charge on any atom is -0.508 e. The first-order chi connectivity index (χ1) is 11.7. The summed E-state index contributed by atoms with van der Waals surface area (Å²) >= 11 is 0. The van der Waals surface area contributed by atoms with Crippen LogP contribution < -0.4 is 0 Å². The van der Waals surface area contributed by atoms with Crippen LogP contribution >= 0.6 is 0 Å². The minimum absolute atomic E-state index is 0.219. The van der Waals surface area contributed by atoms with E-state index in [0.29, 0.717) is 0 Å². The standard InChI is InChI=1S/C18H14N4O2/c23-13-1-3-15-11(7-19-17(15)5-13)9-21-22-10-12-8-20-18-6-14(24)2-4-16(12)18/h1-10,19-20,23-24H/b21-9+,22-10+. The van der Waals surface area contributed by atoms with E-state index in [9.17, 15) is 10.2 Å². The van der Waals surface area contributed by atoms with Crippen molar-refractivity contribution >= 4 is 34.2 Å². The highest BCUT2D eigenvalue weighted by molar-refractivity contribution is 6.01. The molecule has 0 atom stereocenters. The summed E-state index contributed by atoms with van der Waals surface area (Å²) in [6.45, 7) is 0. The van der Waals surface area contributed by atoms with Crippen LogP contribution in [0.2, 0.25) is 0 Å². The first-order valence-electron chi connectivity index (χ1n) is 7.37. The molecular weight excluding hydrogens is 304 g/mol. The molecule has 0 unspecified atom stereocenters. The van der Waals surface area contributed by atoms with Crippen molar-refractivity contribution in [2.45, 2.75) is 0 Å². The Kier molecular flexibility index (Phi) is 3.28. The number of nitrogens with one attached hydrogen (secondary N) is 2. The summed E-state index contributed by atoms with van der Waals surface area (Å²) in [5, 5.41) is 29.0. The average molecular weight is 318 g/mol. The van der Waals surface area contributed by atoms with Gasteiger partial charge in [0.2, 0.25) is 0 Å². The summed E-state index contributed by atoms with van der Waals surface area (Å²) in [6, 6.07) is 10.3. The van der Waals surface area contributed by atoms with Crippen molar-refractivity contribution in [1.82, 2.24) is 9.97 Å². The van der Waals surface area contributed by atoms with E-state index < -0.39 is 0 Å². The Labute approximate surface area is 136 Å². The monoisotopic (exact) mass is 318 g/mol. The van der Waals surface area contributed by atoms with Gasteiger partial charge in [-0.05, 0) is 24.3 Å². The third-order valence-corrected chi connectivity index (χ3v) is 3.85. The summed E-state index contributed by atoms with van der Waals surface area (Å²) < 4.78 is 0. The van der Waals surface area contributed by atoms with Crippen LogP contribution in [-0.2, 0) is 0 Å². The molecule has 2 aromatic heterocycles. The maximum absolute atomic E-state index is 9.47. The fourth-order valence-electron chi connectivity index (χ4n) is 2.68. The number of aromatic hydroxyl groups is 2. The van der Waals surface area contributed by atoms with E-state index in [1.165, 1.54) is 0 Å². The number of aromatic amines is 2. The van der Waals surface area contributed by atoms with Crippen molar-refractivity contribution in [3.05, 3.63) is 59.9 Å². The maximum atomic E-state index is 9.47. The quantitative estimate of drug-likeness (QED) is 0.343. The summed E-state index contributed by atoms with van der Waals surface area (Å²) in [4.78, 5) is 6.16. The number of rotatable bonds is 3. The fraction of sp³-hybridized carbons (Fsp3) is 0. The molecule has 6 nitrogen and oxygen atoms in total. The molecule has 0 saturated heterocycles. The van der Waals surface area contributed by atoms with Crippen molar-refractivity contribution in [3.8, 4) is 11.5 Å². The van der Waals surface area contributed by atoms with Crippen molar-refractivity contribution in [2.75, 3.05) is 0 Å². The average Bonchev–Trinajstić information content (AvgIpc) is 3.15. The number of phenols is 2. The van der Waals surface area contributed by atoms with Gasteiger partial charge in [-0.3, -0.25) is 0 Å². The smallest absolute Gasteiger partial charge is 0.117 e. The number of aromatic nitrogens is 2. The van der Waals surface area contributed by atoms with Gasteiger partial charge in [0.25, 0.3) is 0 Å². The molecule has 0 aliphatic rings. The lowest BCUT2D eigenvalue weighted by molar-refractivity contribution is 0.475. The van der Waals surface area contributed by atoms with Gasteiger partial charge in [-0.2, -0.15) is 10.2 Å². The van der Waals surface area contributed by atoms with Crippen LogP contribution in [0.25, 0.3) is 21.8 Å². The maximum Gasteiger partial charge on any atom is 0.117 e. The van der Waals surface area contributed by atoms with E-state index in [2.05, 4.69) is 20.2 Å². The minimum atomic E-state index is 0.219. The lowest BCUT2D eigenvalue weighted by atomic mass is 10.2. The van der Waals surface area contributed by atoms with Crippen molar-refractivity contribution in [3.63, 3.8) is 0 Å². The van der Waals surface area contributed by atoms with Gasteiger partial charge in [-0.25, -0.2) is 0 Å². The van der Waals surface area contributed by atoms with Crippen molar-refractivity contribution in [1.29, 1.82) is 0 Å². The topological polar surface area (TPSA) is 96.8 Å². The number of H-pyrrole nitrogens is 2. The van der Waals surface area contributed by atoms with Gasteiger partial charge in [0.05, 0.1) is 12.4 Å². The van der Waals surface area contributed by atoms with E-state index in [-0.39, 0.29) is 11.5 Å². The van der Waals surface area contributed by atoms with Gasteiger partial charge < -0.3 is 20.2 Å². The van der Waals surface area contributed by atoms with Crippen LogP contribution in [0.15, 0.2) is 59.0 Å². The molecule has 0 amide bonds. The number of hydrogen-bond donors (Lipinski definition) is 4. The predicted octanol–water partition coefficient (Wildman–Crippen LogP) is 3.51. The van der Waals surface area contributed by atoms with Crippen LogP contribution in [0.1, 0.15) is 11.1 Å². The second-order valence-electron chi connectivity index (χ2n) is 5.44. The summed E-state index contributed by atoms with van der Waals surface area (Å²) in [6.07, 6.45) is 6.95. The molecule has 0 bridgehead atoms. The molecule has 4 rings (SSSR count). The molecule has 0 aliphatic heterocycles. The normalized spacial score (nSPS) is 12.2. The first-order valence-corrected chi connectivity index (χ1v) is 7.37. The Morgan fingerprint density at radius 3 is 1.62 bits per heavy atom. The van der Waals surface area contributed by atoms with E-state index in [1.807, 2.05) is 24.5 Å². The number of hydrogen-bond acceptors (Lipinski definition) is 4. The van der Waals surface area contributed by atoms with Crippen LogP contribution in [0, 0.1) is 0 Å². The van der Waals surface area contributed by atoms with Gasteiger partial charge in [0.15, 0.2) is 0 Å². The molecule has 2 aromatic carbocycles. The second-order valence-corrected chi connectivity index (χ2v) is 5.44. The van der Waals surface area contributed by atoms with Gasteiger partial charge in [0.1, 0.15) is 11.5 Å². The predicted molar refractivity (Wildman–Crippen MR) is 95.1 cm³/mol. The van der Waals surface area contributed by atoms with E-state index >= 15 is 0 Å². The van der Waals surface area contributed by atoms with Gasteiger partial charge >= 0.3 is 0 Å². The highest BCUT2D eigenvalue weighted by Gasteiger charge is 2.03. The zero-order valence-corrected chi connectivity index (χ0v) is 12.6. The van der Waals surface area contributed by atoms with E-state index in [4.69, 9.17) is 0 Å². The largest absolute Gasteiger partial charge is 0.508 e. The highest BCUT2D eigenvalue weighted by atomic mass is 16.3. The molecule has 6 heteroatoms. The Bertz CT molecular complexity index is 1000. The van der Waals surface area contributed by atoms with E-state index in [1.54, 1.807) is 36.7 Å². The van der Waals surface area contributed by atoms with Gasteiger partial charge in [-0.1, -0.05) is 0 Å². The van der Waals surface area contributed by atoms with Crippen LogP contribution in [0.5, 0.6) is 11.5 Å². The molecule has 118 valence electrons. The van der Waals surface area contributed by atoms with E-state index in [0.717, 1.165) is 32.9 Å². The zero-order chi connectivity index (χ0) is 16.5. The Morgan fingerprint density at radius 1 is 0.708 bits per heavy atom. The summed E-state index contributed by atoms with van der Waals surface area (Å²) in [5.41, 5.74) is 3.48. The van der Waals surface area contributed by atoms with Crippen molar-refractivity contribution in [2.24, 2.45) is 10.2 Å². The third-order valence-electron chi connectivity index (χ3n) is 3.85. The third kappa shape index (κ3) is 2.50. The number of phenolic OH excluding ortho intramolecular Hbond substituents is 2. The summed E-state index contributed by atoms with van der Waals surface area (Å²) in [5.74, 6) is 0.437.